The van der Waals surface area contributed by atoms with Crippen molar-refractivity contribution in [2.75, 3.05) is 6.54 Å². The number of rotatable bonds is 5. The smallest absolute Gasteiger partial charge is 0.243 e. The minimum absolute atomic E-state index is 0.0243. The molecular weight excluding hydrogens is 422 g/mol. The lowest BCUT2D eigenvalue weighted by molar-refractivity contribution is -0.150. The minimum Gasteiger partial charge on any atom is -0.389 e. The van der Waals surface area contributed by atoms with Crippen LogP contribution in [0, 0.1) is 30.1 Å². The molecule has 0 radical (unpaired) electrons. The van der Waals surface area contributed by atoms with Gasteiger partial charge in [0.1, 0.15) is 0 Å². The molecule has 0 aromatic heterocycles. The fourth-order valence-electron chi connectivity index (χ4n) is 6.07. The maximum absolute atomic E-state index is 13.9. The van der Waals surface area contributed by atoms with Gasteiger partial charge in [-0.1, -0.05) is 44.5 Å². The summed E-state index contributed by atoms with van der Waals surface area (Å²) in [6, 6.07) is 6.31. The predicted octanol–water partition coefficient (Wildman–Crippen LogP) is 4.49. The van der Waals surface area contributed by atoms with Crippen LogP contribution in [0.25, 0.3) is 0 Å². The van der Waals surface area contributed by atoms with Gasteiger partial charge in [-0.15, -0.1) is 0 Å². The Hall–Kier alpha value is -1.50. The number of aliphatic hydroxyl groups is 1. The van der Waals surface area contributed by atoms with Crippen molar-refractivity contribution >= 4 is 15.8 Å². The summed E-state index contributed by atoms with van der Waals surface area (Å²) in [5.41, 5.74) is 1.43. The van der Waals surface area contributed by atoms with E-state index in [1.165, 1.54) is 4.31 Å². The molecular formula is C26H37NO4S. The molecule has 2 bridgehead atoms. The summed E-state index contributed by atoms with van der Waals surface area (Å²) in [4.78, 5) is 14.2. The average molecular weight is 460 g/mol. The van der Waals surface area contributed by atoms with E-state index in [1.807, 2.05) is 26.0 Å². The van der Waals surface area contributed by atoms with Gasteiger partial charge in [0.2, 0.25) is 10.0 Å². The number of nitrogens with zero attached hydrogens (tertiary/aromatic N) is 1. The zero-order valence-corrected chi connectivity index (χ0v) is 20.6. The van der Waals surface area contributed by atoms with E-state index in [-0.39, 0.29) is 28.4 Å². The fraction of sp³-hybridized carbons (Fsp3) is 0.654. The highest BCUT2D eigenvalue weighted by Crippen LogP contribution is 2.52. The van der Waals surface area contributed by atoms with Crippen LogP contribution in [-0.2, 0) is 14.8 Å². The summed E-state index contributed by atoms with van der Waals surface area (Å²) in [5, 5.41) is 10.5. The maximum Gasteiger partial charge on any atom is 0.243 e. The molecule has 1 saturated carbocycles. The van der Waals surface area contributed by atoms with Crippen LogP contribution < -0.4 is 0 Å². The number of sulfonamides is 1. The van der Waals surface area contributed by atoms with Gasteiger partial charge in [0, 0.05) is 12.0 Å². The third kappa shape index (κ3) is 3.99. The van der Waals surface area contributed by atoms with Crippen molar-refractivity contribution in [3.63, 3.8) is 0 Å². The molecule has 0 spiro atoms. The number of carbonyl (C=O) groups excluding carboxylic acids is 1. The highest BCUT2D eigenvalue weighted by molar-refractivity contribution is 7.89. The normalized spacial score (nSPS) is 33.9. The molecule has 1 heterocycles. The summed E-state index contributed by atoms with van der Waals surface area (Å²) in [6.45, 7) is 8.48. The van der Waals surface area contributed by atoms with Crippen LogP contribution >= 0.6 is 0 Å². The molecule has 4 rings (SSSR count). The first-order valence-corrected chi connectivity index (χ1v) is 13.5. The van der Waals surface area contributed by atoms with Gasteiger partial charge in [-0.3, -0.25) is 4.79 Å². The third-order valence-corrected chi connectivity index (χ3v) is 10.2. The summed E-state index contributed by atoms with van der Waals surface area (Å²) >= 11 is 0. The van der Waals surface area contributed by atoms with E-state index < -0.39 is 27.6 Å². The summed E-state index contributed by atoms with van der Waals surface area (Å²) in [5.74, 6) is 0.193. The minimum atomic E-state index is -3.81. The zero-order valence-electron chi connectivity index (χ0n) is 19.8. The Labute approximate surface area is 192 Å². The van der Waals surface area contributed by atoms with E-state index in [4.69, 9.17) is 0 Å². The van der Waals surface area contributed by atoms with Crippen molar-refractivity contribution in [2.24, 2.45) is 23.2 Å². The van der Waals surface area contributed by atoms with Crippen LogP contribution in [0.1, 0.15) is 64.9 Å². The monoisotopic (exact) mass is 459 g/mol. The van der Waals surface area contributed by atoms with Crippen LogP contribution in [0.15, 0.2) is 40.8 Å². The number of allylic oxidation sites excluding steroid dienone is 1. The average Bonchev–Trinajstić information content (AvgIpc) is 2.73. The van der Waals surface area contributed by atoms with Crippen LogP contribution in [0.2, 0.25) is 0 Å². The van der Waals surface area contributed by atoms with Gasteiger partial charge in [0.05, 0.1) is 17.0 Å². The van der Waals surface area contributed by atoms with Crippen molar-refractivity contribution in [1.29, 1.82) is 0 Å². The van der Waals surface area contributed by atoms with Crippen LogP contribution in [0.5, 0.6) is 0 Å². The van der Waals surface area contributed by atoms with E-state index in [0.717, 1.165) is 43.2 Å². The van der Waals surface area contributed by atoms with Gasteiger partial charge in [-0.05, 0) is 80.9 Å². The second-order valence-corrected chi connectivity index (χ2v) is 12.6. The first-order valence-electron chi connectivity index (χ1n) is 12.1. The first kappa shape index (κ1) is 23.7. The maximum atomic E-state index is 13.9. The highest BCUT2D eigenvalue weighted by Gasteiger charge is 2.59. The molecule has 2 aliphatic carbocycles. The van der Waals surface area contributed by atoms with Crippen molar-refractivity contribution in [3.8, 4) is 0 Å². The fourth-order valence-corrected chi connectivity index (χ4v) is 7.74. The molecule has 1 aromatic rings. The molecule has 5 atom stereocenters. The number of Topliss-reactive ketones (excluding diaryl/α,β-unsaturated/α-hetero) is 1. The second kappa shape index (κ2) is 8.69. The molecule has 1 N–H and O–H groups in total. The molecule has 32 heavy (non-hydrogen) atoms. The number of fused-ring (bicyclic) bond motifs is 2. The second-order valence-electron chi connectivity index (χ2n) is 10.7. The number of carbonyl (C=O) groups is 1. The number of ketones is 1. The third-order valence-electron chi connectivity index (χ3n) is 8.33. The zero-order chi connectivity index (χ0) is 23.3. The Balaban J connectivity index is 1.75. The van der Waals surface area contributed by atoms with Crippen molar-refractivity contribution in [1.82, 2.24) is 4.31 Å². The number of aliphatic hydroxyl groups excluding tert-OH is 1. The molecule has 6 heteroatoms. The molecule has 4 unspecified atom stereocenters. The molecule has 2 fully saturated rings. The molecule has 1 aromatic carbocycles. The Morgan fingerprint density at radius 2 is 1.88 bits per heavy atom. The molecule has 176 valence electrons. The molecule has 0 amide bonds. The van der Waals surface area contributed by atoms with Gasteiger partial charge in [-0.25, -0.2) is 8.42 Å². The van der Waals surface area contributed by atoms with Crippen LogP contribution in [-0.4, -0.2) is 42.3 Å². The van der Waals surface area contributed by atoms with Gasteiger partial charge in [0.25, 0.3) is 0 Å². The summed E-state index contributed by atoms with van der Waals surface area (Å²) < 4.78 is 29.2. The Bertz CT molecular complexity index is 997. The topological polar surface area (TPSA) is 74.7 Å². The lowest BCUT2D eigenvalue weighted by Crippen LogP contribution is -2.65. The van der Waals surface area contributed by atoms with Crippen molar-refractivity contribution < 1.29 is 18.3 Å². The number of hydrogen-bond donors (Lipinski definition) is 1. The van der Waals surface area contributed by atoms with E-state index in [2.05, 4.69) is 19.9 Å². The SMILES string of the molecule is Cc1ccc(S(=O)(=O)N2C[C@@H](CC3=CCCCC3O)C3(C)CCC(C(C)C)C2C3=O)cc1. The molecule has 3 aliphatic rings. The van der Waals surface area contributed by atoms with Crippen LogP contribution in [0.4, 0.5) is 0 Å². The summed E-state index contributed by atoms with van der Waals surface area (Å²) in [7, 11) is -3.81. The van der Waals surface area contributed by atoms with Gasteiger partial charge >= 0.3 is 0 Å². The van der Waals surface area contributed by atoms with Crippen molar-refractivity contribution in [3.05, 3.63) is 41.5 Å². The van der Waals surface area contributed by atoms with E-state index >= 15 is 0 Å². The summed E-state index contributed by atoms with van der Waals surface area (Å²) in [6.07, 6.45) is 6.50. The largest absolute Gasteiger partial charge is 0.389 e. The molecule has 1 aliphatic heterocycles. The first-order chi connectivity index (χ1) is 15.1. The lowest BCUT2D eigenvalue weighted by Gasteiger charge is -2.55. The Morgan fingerprint density at radius 1 is 1.19 bits per heavy atom. The standard InChI is InChI=1S/C26H37NO4S/c1-17(2)22-13-14-26(4)20(15-19-7-5-6-8-23(19)28)16-27(24(22)25(26)29)32(30,31)21-11-9-18(3)10-12-21/h7,9-12,17,20,22-24,28H,5-6,8,13-16H2,1-4H3/t20-,22?,23?,24?,26?/m1/s1. The molecule has 1 saturated heterocycles. The van der Waals surface area contributed by atoms with E-state index in [0.29, 0.717) is 13.0 Å². The van der Waals surface area contributed by atoms with Gasteiger partial charge < -0.3 is 5.11 Å². The van der Waals surface area contributed by atoms with Crippen molar-refractivity contribution in [2.45, 2.75) is 83.3 Å². The quantitative estimate of drug-likeness (QED) is 0.659. The Morgan fingerprint density at radius 3 is 2.50 bits per heavy atom. The Kier molecular flexibility index (Phi) is 6.43. The van der Waals surface area contributed by atoms with E-state index in [1.54, 1.807) is 12.1 Å². The van der Waals surface area contributed by atoms with Gasteiger partial charge in [-0.2, -0.15) is 4.31 Å². The van der Waals surface area contributed by atoms with E-state index in [9.17, 15) is 18.3 Å². The highest BCUT2D eigenvalue weighted by atomic mass is 32.2. The predicted molar refractivity (Wildman–Crippen MR) is 126 cm³/mol. The number of benzene rings is 1. The number of hydrogen-bond acceptors (Lipinski definition) is 4. The lowest BCUT2D eigenvalue weighted by atomic mass is 9.57. The molecule has 5 nitrogen and oxygen atoms in total. The van der Waals surface area contributed by atoms with Gasteiger partial charge in [0.15, 0.2) is 5.78 Å². The van der Waals surface area contributed by atoms with Crippen LogP contribution in [0.3, 0.4) is 0 Å². The number of aryl methyl sites for hydroxylation is 1. The number of piperidine rings is 1.